The van der Waals surface area contributed by atoms with Gasteiger partial charge in [-0.05, 0) is 24.3 Å². The van der Waals surface area contributed by atoms with Gasteiger partial charge in [0.15, 0.2) is 12.4 Å². The van der Waals surface area contributed by atoms with Crippen LogP contribution in [0.5, 0.6) is 5.75 Å². The molecule has 0 atom stereocenters. The third kappa shape index (κ3) is 2.59. The van der Waals surface area contributed by atoms with Crippen LogP contribution in [0.4, 0.5) is 0 Å². The largest absolute Gasteiger partial charge is 0.508 e. The minimum absolute atomic E-state index is 0.0906. The Morgan fingerprint density at radius 1 is 1.38 bits per heavy atom. The van der Waals surface area contributed by atoms with Crippen LogP contribution < -0.4 is 0 Å². The fourth-order valence-electron chi connectivity index (χ4n) is 0.840. The molecule has 0 aliphatic carbocycles. The minimum atomic E-state index is -0.299. The van der Waals surface area contributed by atoms with E-state index in [2.05, 4.69) is 4.74 Å². The summed E-state index contributed by atoms with van der Waals surface area (Å²) < 4.78 is 4.29. The molecule has 0 spiro atoms. The highest BCUT2D eigenvalue weighted by Gasteiger charge is 2.04. The standard InChI is InChI=1S/C9H8O4/c10-6-13-5-9(12)7-1-3-8(11)4-2-7/h1-4,6,11H,5H2. The smallest absolute Gasteiger partial charge is 0.293 e. The number of aromatic hydroxyl groups is 1. The molecule has 0 aliphatic rings. The zero-order valence-corrected chi connectivity index (χ0v) is 6.77. The molecule has 0 unspecified atom stereocenters. The molecule has 0 amide bonds. The molecule has 0 aliphatic heterocycles. The van der Waals surface area contributed by atoms with Crippen LogP contribution in [0.1, 0.15) is 10.4 Å². The molecule has 13 heavy (non-hydrogen) atoms. The summed E-state index contributed by atoms with van der Waals surface area (Å²) in [4.78, 5) is 20.9. The molecular formula is C9H8O4. The highest BCUT2D eigenvalue weighted by Crippen LogP contribution is 2.09. The Morgan fingerprint density at radius 2 is 2.00 bits per heavy atom. The summed E-state index contributed by atoms with van der Waals surface area (Å²) in [5, 5.41) is 8.92. The summed E-state index contributed by atoms with van der Waals surface area (Å²) in [6, 6.07) is 5.72. The van der Waals surface area contributed by atoms with Gasteiger partial charge < -0.3 is 9.84 Å². The molecule has 0 saturated carbocycles. The Bertz CT molecular complexity index is 302. The van der Waals surface area contributed by atoms with Crippen LogP contribution in [0.15, 0.2) is 24.3 Å². The normalized spacial score (nSPS) is 9.23. The molecule has 0 radical (unpaired) electrons. The maximum atomic E-state index is 11.1. The van der Waals surface area contributed by atoms with Gasteiger partial charge in [0.05, 0.1) is 0 Å². The first kappa shape index (κ1) is 9.25. The number of carbonyl (C=O) groups is 2. The van der Waals surface area contributed by atoms with Crippen LogP contribution in [0.3, 0.4) is 0 Å². The molecule has 0 bridgehead atoms. The second-order valence-electron chi connectivity index (χ2n) is 2.38. The number of carbonyl (C=O) groups excluding carboxylic acids is 2. The monoisotopic (exact) mass is 180 g/mol. The molecule has 1 aromatic rings. The number of Topliss-reactive ketones (excluding diaryl/α,β-unsaturated/α-hetero) is 1. The van der Waals surface area contributed by atoms with Crippen molar-refractivity contribution in [2.75, 3.05) is 6.61 Å². The number of phenolic OH excluding ortho intramolecular Hbond substituents is 1. The third-order valence-corrected chi connectivity index (χ3v) is 1.47. The molecule has 4 heteroatoms. The van der Waals surface area contributed by atoms with Crippen LogP contribution in [-0.4, -0.2) is 24.0 Å². The lowest BCUT2D eigenvalue weighted by atomic mass is 10.1. The highest BCUT2D eigenvalue weighted by atomic mass is 16.5. The van der Waals surface area contributed by atoms with Crippen molar-refractivity contribution in [3.05, 3.63) is 29.8 Å². The molecule has 0 heterocycles. The quantitative estimate of drug-likeness (QED) is 0.548. The van der Waals surface area contributed by atoms with Gasteiger partial charge in [0, 0.05) is 5.56 Å². The minimum Gasteiger partial charge on any atom is -0.508 e. The van der Waals surface area contributed by atoms with Crippen molar-refractivity contribution in [3.8, 4) is 5.75 Å². The molecule has 4 nitrogen and oxygen atoms in total. The molecule has 1 aromatic carbocycles. The first-order chi connectivity index (χ1) is 6.24. The third-order valence-electron chi connectivity index (χ3n) is 1.47. The van der Waals surface area contributed by atoms with Crippen molar-refractivity contribution in [2.24, 2.45) is 0 Å². The van der Waals surface area contributed by atoms with Gasteiger partial charge in [-0.25, -0.2) is 0 Å². The Morgan fingerprint density at radius 3 is 2.54 bits per heavy atom. The number of phenols is 1. The second kappa shape index (κ2) is 4.25. The number of ether oxygens (including phenoxy) is 1. The fraction of sp³-hybridized carbons (Fsp3) is 0.111. The fourth-order valence-corrected chi connectivity index (χ4v) is 0.840. The van der Waals surface area contributed by atoms with Crippen molar-refractivity contribution < 1.29 is 19.4 Å². The van der Waals surface area contributed by atoms with Gasteiger partial charge >= 0.3 is 0 Å². The lowest BCUT2D eigenvalue weighted by Crippen LogP contribution is -2.07. The van der Waals surface area contributed by atoms with Gasteiger partial charge in [0.2, 0.25) is 0 Å². The van der Waals surface area contributed by atoms with E-state index in [1.807, 2.05) is 0 Å². The zero-order valence-electron chi connectivity index (χ0n) is 6.77. The van der Waals surface area contributed by atoms with E-state index in [9.17, 15) is 9.59 Å². The maximum Gasteiger partial charge on any atom is 0.293 e. The van der Waals surface area contributed by atoms with Crippen molar-refractivity contribution in [1.82, 2.24) is 0 Å². The van der Waals surface area contributed by atoms with Gasteiger partial charge in [-0.3, -0.25) is 9.59 Å². The summed E-state index contributed by atoms with van der Waals surface area (Å²) in [7, 11) is 0. The van der Waals surface area contributed by atoms with Gasteiger partial charge in [-0.15, -0.1) is 0 Å². The van der Waals surface area contributed by atoms with E-state index in [1.54, 1.807) is 0 Å². The molecule has 1 N–H and O–H groups in total. The van der Waals surface area contributed by atoms with Crippen LogP contribution in [0, 0.1) is 0 Å². The number of ketones is 1. The van der Waals surface area contributed by atoms with Crippen molar-refractivity contribution in [3.63, 3.8) is 0 Å². The molecular weight excluding hydrogens is 172 g/mol. The molecule has 1 rings (SSSR count). The lowest BCUT2D eigenvalue weighted by Gasteiger charge is -1.98. The Balaban J connectivity index is 2.66. The van der Waals surface area contributed by atoms with E-state index in [-0.39, 0.29) is 24.6 Å². The Hall–Kier alpha value is -1.84. The molecule has 0 aromatic heterocycles. The van der Waals surface area contributed by atoms with Crippen LogP contribution in [-0.2, 0) is 9.53 Å². The van der Waals surface area contributed by atoms with Crippen LogP contribution in [0.25, 0.3) is 0 Å². The highest BCUT2D eigenvalue weighted by molar-refractivity contribution is 5.97. The summed E-state index contributed by atoms with van der Waals surface area (Å²) in [5.41, 5.74) is 0.402. The lowest BCUT2D eigenvalue weighted by molar-refractivity contribution is -0.127. The van der Waals surface area contributed by atoms with Crippen LogP contribution in [0.2, 0.25) is 0 Å². The average Bonchev–Trinajstić information content (AvgIpc) is 2.15. The number of hydrogen-bond donors (Lipinski definition) is 1. The maximum absolute atomic E-state index is 11.1. The van der Waals surface area contributed by atoms with Gasteiger partial charge in [0.25, 0.3) is 6.47 Å². The Kier molecular flexibility index (Phi) is 3.03. The van der Waals surface area contributed by atoms with E-state index < -0.39 is 0 Å². The number of rotatable bonds is 4. The van der Waals surface area contributed by atoms with Crippen molar-refractivity contribution in [1.29, 1.82) is 0 Å². The van der Waals surface area contributed by atoms with E-state index in [4.69, 9.17) is 5.11 Å². The average molecular weight is 180 g/mol. The van der Waals surface area contributed by atoms with Gasteiger partial charge in [-0.1, -0.05) is 0 Å². The van der Waals surface area contributed by atoms with E-state index in [1.165, 1.54) is 24.3 Å². The summed E-state index contributed by atoms with van der Waals surface area (Å²) >= 11 is 0. The van der Waals surface area contributed by atoms with Crippen molar-refractivity contribution in [2.45, 2.75) is 0 Å². The van der Waals surface area contributed by atoms with Crippen LogP contribution >= 0.6 is 0 Å². The zero-order chi connectivity index (χ0) is 9.68. The summed E-state index contributed by atoms with van der Waals surface area (Å²) in [5.74, 6) is -0.208. The number of benzene rings is 1. The van der Waals surface area contributed by atoms with Crippen molar-refractivity contribution >= 4 is 12.3 Å². The SMILES string of the molecule is O=COCC(=O)c1ccc(O)cc1. The summed E-state index contributed by atoms with van der Waals surface area (Å²) in [6.45, 7) is -0.0490. The van der Waals surface area contributed by atoms with E-state index in [0.29, 0.717) is 5.56 Å². The van der Waals surface area contributed by atoms with E-state index in [0.717, 1.165) is 0 Å². The Labute approximate surface area is 74.8 Å². The second-order valence-corrected chi connectivity index (χ2v) is 2.38. The first-order valence-electron chi connectivity index (χ1n) is 3.61. The summed E-state index contributed by atoms with van der Waals surface area (Å²) in [6.07, 6.45) is 0. The van der Waals surface area contributed by atoms with E-state index >= 15 is 0 Å². The molecule has 0 fully saturated rings. The number of hydrogen-bond acceptors (Lipinski definition) is 4. The predicted molar refractivity (Wildman–Crippen MR) is 44.5 cm³/mol. The predicted octanol–water partition coefficient (Wildman–Crippen LogP) is 0.748. The molecule has 0 saturated heterocycles. The van der Waals surface area contributed by atoms with Gasteiger partial charge in [0.1, 0.15) is 5.75 Å². The molecule has 68 valence electrons. The van der Waals surface area contributed by atoms with Gasteiger partial charge in [-0.2, -0.15) is 0 Å². The first-order valence-corrected chi connectivity index (χ1v) is 3.61. The topological polar surface area (TPSA) is 63.6 Å².